The Labute approximate surface area is 129 Å². The van der Waals surface area contributed by atoms with E-state index in [0.717, 1.165) is 31.5 Å². The zero-order valence-electron chi connectivity index (χ0n) is 12.8. The number of aliphatic hydroxyl groups excluding tert-OH is 1. The molecule has 3 rings (SSSR count). The van der Waals surface area contributed by atoms with Crippen molar-refractivity contribution in [2.45, 2.75) is 38.8 Å². The van der Waals surface area contributed by atoms with Gasteiger partial charge >= 0.3 is 0 Å². The number of aromatic amines is 1. The van der Waals surface area contributed by atoms with E-state index in [-0.39, 0.29) is 12.4 Å². The number of hydrogen-bond acceptors (Lipinski definition) is 5. The second-order valence-corrected chi connectivity index (χ2v) is 5.94. The minimum absolute atomic E-state index is 0.103. The molecular weight excluding hydrogens is 280 g/mol. The predicted molar refractivity (Wildman–Crippen MR) is 82.4 cm³/mol. The lowest BCUT2D eigenvalue weighted by Crippen LogP contribution is -2.34. The smallest absolute Gasteiger partial charge is 0.141 e. The Kier molecular flexibility index (Phi) is 4.40. The molecule has 22 heavy (non-hydrogen) atoms. The largest absolute Gasteiger partial charge is 0.506 e. The number of nitrogens with one attached hydrogen (secondary N) is 1. The molecule has 0 radical (unpaired) electrons. The second-order valence-electron chi connectivity index (χ2n) is 5.94. The van der Waals surface area contributed by atoms with Crippen molar-refractivity contribution < 1.29 is 10.2 Å². The number of aromatic nitrogens is 3. The molecule has 118 valence electrons. The van der Waals surface area contributed by atoms with Gasteiger partial charge in [-0.3, -0.25) is 15.0 Å². The summed E-state index contributed by atoms with van der Waals surface area (Å²) >= 11 is 0. The van der Waals surface area contributed by atoms with E-state index in [4.69, 9.17) is 0 Å². The molecule has 1 aliphatic rings. The van der Waals surface area contributed by atoms with Crippen molar-refractivity contribution in [3.63, 3.8) is 0 Å². The number of H-pyrrole nitrogens is 1. The summed E-state index contributed by atoms with van der Waals surface area (Å²) in [4.78, 5) is 6.44. The van der Waals surface area contributed by atoms with Gasteiger partial charge in [-0.25, -0.2) is 0 Å². The first-order valence-electron chi connectivity index (χ1n) is 7.68. The number of nitrogens with zero attached hydrogens (tertiary/aromatic N) is 3. The lowest BCUT2D eigenvalue weighted by atomic mass is 9.94. The zero-order valence-corrected chi connectivity index (χ0v) is 12.8. The first-order valence-corrected chi connectivity index (χ1v) is 7.68. The third-order valence-electron chi connectivity index (χ3n) is 4.45. The average molecular weight is 302 g/mol. The molecule has 3 N–H and O–H groups in total. The monoisotopic (exact) mass is 302 g/mol. The van der Waals surface area contributed by atoms with Gasteiger partial charge in [-0.1, -0.05) is 0 Å². The summed E-state index contributed by atoms with van der Waals surface area (Å²) < 4.78 is 0. The summed E-state index contributed by atoms with van der Waals surface area (Å²) in [5.41, 5.74) is 3.27. The van der Waals surface area contributed by atoms with Crippen molar-refractivity contribution in [3.8, 4) is 5.75 Å². The van der Waals surface area contributed by atoms with Crippen molar-refractivity contribution in [1.29, 1.82) is 0 Å². The number of aliphatic hydroxyl groups is 1. The number of hydrogen-bond donors (Lipinski definition) is 3. The summed E-state index contributed by atoms with van der Waals surface area (Å²) in [6.07, 6.45) is 5.70. The third-order valence-corrected chi connectivity index (χ3v) is 4.45. The maximum absolute atomic E-state index is 10.3. The Morgan fingerprint density at radius 1 is 1.45 bits per heavy atom. The van der Waals surface area contributed by atoms with Gasteiger partial charge in [0.15, 0.2) is 0 Å². The Morgan fingerprint density at radius 3 is 3.05 bits per heavy atom. The molecule has 0 amide bonds. The topological polar surface area (TPSA) is 85.3 Å². The van der Waals surface area contributed by atoms with Crippen LogP contribution in [-0.2, 0) is 13.2 Å². The number of aryl methyl sites for hydroxylation is 1. The highest BCUT2D eigenvalue weighted by atomic mass is 16.3. The molecule has 6 heteroatoms. The summed E-state index contributed by atoms with van der Waals surface area (Å²) in [5.74, 6) is 0.647. The molecule has 2 aromatic rings. The number of aromatic hydroxyl groups is 1. The molecule has 0 saturated carbocycles. The molecular formula is C16H22N4O2. The van der Waals surface area contributed by atoms with Crippen LogP contribution in [-0.4, -0.2) is 43.4 Å². The molecule has 0 spiro atoms. The van der Waals surface area contributed by atoms with Crippen molar-refractivity contribution >= 4 is 0 Å². The molecule has 3 heterocycles. The SMILES string of the molecule is Cc1ncc(CO)c(CN2CCCC(c3ccn[nH]3)C2)c1O. The van der Waals surface area contributed by atoms with E-state index < -0.39 is 0 Å². The van der Waals surface area contributed by atoms with Gasteiger partial charge in [-0.05, 0) is 32.4 Å². The summed E-state index contributed by atoms with van der Waals surface area (Å²) in [6.45, 7) is 4.23. The van der Waals surface area contributed by atoms with E-state index in [1.165, 1.54) is 5.69 Å². The highest BCUT2D eigenvalue weighted by molar-refractivity contribution is 5.40. The zero-order chi connectivity index (χ0) is 15.5. The molecule has 6 nitrogen and oxygen atoms in total. The standard InChI is InChI=1S/C16H22N4O2/c1-11-16(22)14(13(10-21)7-17-11)9-20-6-2-3-12(8-20)15-4-5-18-19-15/h4-5,7,12,21-22H,2-3,6,8-10H2,1H3,(H,18,19). The van der Waals surface area contributed by atoms with Crippen LogP contribution in [0, 0.1) is 6.92 Å². The molecule has 1 atom stereocenters. The predicted octanol–water partition coefficient (Wildman–Crippen LogP) is 1.69. The molecule has 1 aliphatic heterocycles. The van der Waals surface area contributed by atoms with Crippen LogP contribution < -0.4 is 0 Å². The van der Waals surface area contributed by atoms with Crippen molar-refractivity contribution in [2.75, 3.05) is 13.1 Å². The number of piperidine rings is 1. The maximum atomic E-state index is 10.3. The maximum Gasteiger partial charge on any atom is 0.141 e. The van der Waals surface area contributed by atoms with E-state index in [1.54, 1.807) is 19.3 Å². The highest BCUT2D eigenvalue weighted by Crippen LogP contribution is 2.30. The van der Waals surface area contributed by atoms with E-state index in [9.17, 15) is 10.2 Å². The van der Waals surface area contributed by atoms with Crippen molar-refractivity contribution in [1.82, 2.24) is 20.1 Å². The van der Waals surface area contributed by atoms with Gasteiger partial charge in [0, 0.05) is 48.2 Å². The minimum Gasteiger partial charge on any atom is -0.506 e. The van der Waals surface area contributed by atoms with Gasteiger partial charge < -0.3 is 10.2 Å². The Morgan fingerprint density at radius 2 is 2.32 bits per heavy atom. The second kappa shape index (κ2) is 6.46. The fourth-order valence-corrected chi connectivity index (χ4v) is 3.17. The minimum atomic E-state index is -0.103. The van der Waals surface area contributed by atoms with Crippen LogP contribution in [0.3, 0.4) is 0 Å². The molecule has 1 unspecified atom stereocenters. The molecule has 2 aromatic heterocycles. The number of rotatable bonds is 4. The lowest BCUT2D eigenvalue weighted by Gasteiger charge is -2.32. The van der Waals surface area contributed by atoms with Gasteiger partial charge in [0.2, 0.25) is 0 Å². The van der Waals surface area contributed by atoms with Crippen LogP contribution in [0.1, 0.15) is 41.3 Å². The quantitative estimate of drug-likeness (QED) is 0.800. The fraction of sp³-hybridized carbons (Fsp3) is 0.500. The van der Waals surface area contributed by atoms with Crippen molar-refractivity contribution in [2.24, 2.45) is 0 Å². The van der Waals surface area contributed by atoms with Gasteiger partial charge in [0.05, 0.1) is 12.3 Å². The van der Waals surface area contributed by atoms with E-state index in [2.05, 4.69) is 20.1 Å². The molecule has 1 fully saturated rings. The number of likely N-dealkylation sites (tertiary alicyclic amines) is 1. The van der Waals surface area contributed by atoms with Gasteiger partial charge in [-0.2, -0.15) is 5.10 Å². The first kappa shape index (κ1) is 15.0. The Balaban J connectivity index is 1.77. The summed E-state index contributed by atoms with van der Waals surface area (Å²) in [6, 6.07) is 2.03. The van der Waals surface area contributed by atoms with Crippen LogP contribution in [0.15, 0.2) is 18.5 Å². The van der Waals surface area contributed by atoms with E-state index in [0.29, 0.717) is 23.7 Å². The highest BCUT2D eigenvalue weighted by Gasteiger charge is 2.24. The van der Waals surface area contributed by atoms with Crippen LogP contribution in [0.2, 0.25) is 0 Å². The van der Waals surface area contributed by atoms with Gasteiger partial charge in [-0.15, -0.1) is 0 Å². The van der Waals surface area contributed by atoms with Crippen LogP contribution >= 0.6 is 0 Å². The summed E-state index contributed by atoms with van der Waals surface area (Å²) in [5, 5.41) is 26.8. The Hall–Kier alpha value is -1.92. The van der Waals surface area contributed by atoms with E-state index >= 15 is 0 Å². The van der Waals surface area contributed by atoms with Crippen molar-refractivity contribution in [3.05, 3.63) is 41.0 Å². The average Bonchev–Trinajstić information content (AvgIpc) is 3.07. The van der Waals surface area contributed by atoms with Crippen LogP contribution in [0.5, 0.6) is 5.75 Å². The third kappa shape index (κ3) is 2.98. The molecule has 0 aromatic carbocycles. The molecule has 0 aliphatic carbocycles. The first-order chi connectivity index (χ1) is 10.7. The lowest BCUT2D eigenvalue weighted by molar-refractivity contribution is 0.193. The molecule has 1 saturated heterocycles. The van der Waals surface area contributed by atoms with Crippen LogP contribution in [0.25, 0.3) is 0 Å². The fourth-order valence-electron chi connectivity index (χ4n) is 3.17. The normalized spacial score (nSPS) is 19.5. The van der Waals surface area contributed by atoms with Crippen LogP contribution in [0.4, 0.5) is 0 Å². The van der Waals surface area contributed by atoms with Gasteiger partial charge in [0.25, 0.3) is 0 Å². The molecule has 0 bridgehead atoms. The van der Waals surface area contributed by atoms with Gasteiger partial charge in [0.1, 0.15) is 5.75 Å². The Bertz CT molecular complexity index is 627. The number of pyridine rings is 1. The van der Waals surface area contributed by atoms with E-state index in [1.807, 2.05) is 6.07 Å². The summed E-state index contributed by atoms with van der Waals surface area (Å²) in [7, 11) is 0.